The van der Waals surface area contributed by atoms with E-state index >= 15 is 0 Å². The maximum absolute atomic E-state index is 10.9. The van der Waals surface area contributed by atoms with Crippen molar-refractivity contribution in [3.05, 3.63) is 46.2 Å². The lowest BCUT2D eigenvalue weighted by molar-refractivity contribution is 0.0695. The summed E-state index contributed by atoms with van der Waals surface area (Å²) in [7, 11) is 0. The molecule has 6 heteroatoms. The highest BCUT2D eigenvalue weighted by atomic mass is 35.5. The fraction of sp³-hybridized carbons (Fsp3) is 0.154. The average molecular weight is 278 g/mol. The highest BCUT2D eigenvalue weighted by Gasteiger charge is 2.10. The molecule has 2 aromatic rings. The molecule has 0 unspecified atom stereocenters. The quantitative estimate of drug-likeness (QED) is 0.901. The summed E-state index contributed by atoms with van der Waals surface area (Å²) in [6, 6.07) is 5.44. The number of hydrogen-bond donors (Lipinski definition) is 2. The van der Waals surface area contributed by atoms with Gasteiger partial charge in [0.15, 0.2) is 0 Å². The molecule has 0 atom stereocenters. The number of hydrogen-bond acceptors (Lipinski definition) is 4. The maximum atomic E-state index is 10.9. The van der Waals surface area contributed by atoms with Gasteiger partial charge in [-0.3, -0.25) is 0 Å². The summed E-state index contributed by atoms with van der Waals surface area (Å²) >= 11 is 5.92. The summed E-state index contributed by atoms with van der Waals surface area (Å²) in [5.74, 6) is -0.698. The zero-order valence-electron chi connectivity index (χ0n) is 10.4. The molecule has 0 aliphatic carbocycles. The van der Waals surface area contributed by atoms with Crippen molar-refractivity contribution >= 4 is 29.2 Å². The lowest BCUT2D eigenvalue weighted by Crippen LogP contribution is -2.06. The van der Waals surface area contributed by atoms with Gasteiger partial charge in [0, 0.05) is 16.9 Å². The second kappa shape index (κ2) is 5.24. The summed E-state index contributed by atoms with van der Waals surface area (Å²) in [6.07, 6.45) is 1.28. The highest BCUT2D eigenvalue weighted by Crippen LogP contribution is 2.22. The minimum Gasteiger partial charge on any atom is -0.478 e. The molecule has 1 aromatic heterocycles. The topological polar surface area (TPSA) is 75.1 Å². The molecule has 1 heterocycles. The van der Waals surface area contributed by atoms with E-state index in [1.54, 1.807) is 19.1 Å². The first-order valence-corrected chi connectivity index (χ1v) is 5.95. The molecule has 0 radical (unpaired) electrons. The third-order valence-corrected chi connectivity index (χ3v) is 2.89. The average Bonchev–Trinajstić information content (AvgIpc) is 2.33. The van der Waals surface area contributed by atoms with Crippen LogP contribution in [0.3, 0.4) is 0 Å². The molecule has 2 N–H and O–H groups in total. The molecule has 0 amide bonds. The van der Waals surface area contributed by atoms with Gasteiger partial charge in [-0.2, -0.15) is 0 Å². The van der Waals surface area contributed by atoms with Gasteiger partial charge < -0.3 is 10.4 Å². The number of aromatic nitrogens is 2. The van der Waals surface area contributed by atoms with Gasteiger partial charge in [-0.25, -0.2) is 14.8 Å². The summed E-state index contributed by atoms with van der Waals surface area (Å²) in [5.41, 5.74) is 2.28. The van der Waals surface area contributed by atoms with Crippen LogP contribution in [0.15, 0.2) is 24.4 Å². The first-order chi connectivity index (χ1) is 8.97. The van der Waals surface area contributed by atoms with Crippen LogP contribution in [0.1, 0.15) is 21.6 Å². The zero-order chi connectivity index (χ0) is 14.0. The molecule has 19 heavy (non-hydrogen) atoms. The van der Waals surface area contributed by atoms with E-state index in [-0.39, 0.29) is 5.56 Å². The van der Waals surface area contributed by atoms with Crippen LogP contribution < -0.4 is 5.32 Å². The Morgan fingerprint density at radius 3 is 2.74 bits per heavy atom. The number of anilines is 2. The van der Waals surface area contributed by atoms with E-state index in [1.807, 2.05) is 13.0 Å². The Kier molecular flexibility index (Phi) is 3.66. The van der Waals surface area contributed by atoms with Gasteiger partial charge in [0.25, 0.3) is 0 Å². The van der Waals surface area contributed by atoms with Crippen LogP contribution in [0.5, 0.6) is 0 Å². The molecule has 5 nitrogen and oxygen atoms in total. The molecular weight excluding hydrogens is 266 g/mol. The van der Waals surface area contributed by atoms with Crippen molar-refractivity contribution in [1.82, 2.24) is 9.97 Å². The third-order valence-electron chi connectivity index (χ3n) is 2.66. The second-order valence-corrected chi connectivity index (χ2v) is 4.52. The number of rotatable bonds is 3. The monoisotopic (exact) mass is 277 g/mol. The first-order valence-electron chi connectivity index (χ1n) is 5.57. The number of aromatic carboxylic acids is 1. The largest absolute Gasteiger partial charge is 0.478 e. The van der Waals surface area contributed by atoms with Gasteiger partial charge in [0.2, 0.25) is 5.95 Å². The van der Waals surface area contributed by atoms with Gasteiger partial charge >= 0.3 is 5.97 Å². The Morgan fingerprint density at radius 2 is 2.11 bits per heavy atom. The second-order valence-electron chi connectivity index (χ2n) is 4.08. The highest BCUT2D eigenvalue weighted by molar-refractivity contribution is 6.30. The number of carboxylic acids is 1. The van der Waals surface area contributed by atoms with Crippen LogP contribution in [0.2, 0.25) is 5.02 Å². The number of benzene rings is 1. The maximum Gasteiger partial charge on any atom is 0.339 e. The first kappa shape index (κ1) is 13.3. The minimum atomic E-state index is -1.04. The molecular formula is C13H12ClN3O2. The predicted octanol–water partition coefficient (Wildman–Crippen LogP) is 3.19. The molecule has 0 bridgehead atoms. The molecule has 2 rings (SSSR count). The number of carboxylic acid groups (broad SMARTS) is 1. The molecule has 0 aliphatic rings. The smallest absolute Gasteiger partial charge is 0.339 e. The van der Waals surface area contributed by atoms with Crippen LogP contribution in [-0.2, 0) is 0 Å². The lowest BCUT2D eigenvalue weighted by atomic mass is 10.2. The Morgan fingerprint density at radius 1 is 1.37 bits per heavy atom. The van der Waals surface area contributed by atoms with Crippen molar-refractivity contribution in [2.75, 3.05) is 5.32 Å². The van der Waals surface area contributed by atoms with Crippen molar-refractivity contribution < 1.29 is 9.90 Å². The molecule has 0 aliphatic heterocycles. The minimum absolute atomic E-state index is 0.0911. The van der Waals surface area contributed by atoms with E-state index in [2.05, 4.69) is 15.3 Å². The Balaban J connectivity index is 2.31. The molecule has 0 saturated carbocycles. The van der Waals surface area contributed by atoms with Gasteiger partial charge in [-0.1, -0.05) is 17.7 Å². The summed E-state index contributed by atoms with van der Waals surface area (Å²) < 4.78 is 0. The number of halogens is 1. The van der Waals surface area contributed by atoms with Crippen molar-refractivity contribution in [2.45, 2.75) is 13.8 Å². The molecule has 98 valence electrons. The Labute approximate surface area is 115 Å². The van der Waals surface area contributed by atoms with Crippen LogP contribution in [0.4, 0.5) is 11.6 Å². The van der Waals surface area contributed by atoms with E-state index in [9.17, 15) is 4.79 Å². The van der Waals surface area contributed by atoms with Gasteiger partial charge in [0.05, 0.1) is 11.3 Å². The van der Waals surface area contributed by atoms with Crippen LogP contribution in [0.25, 0.3) is 0 Å². The van der Waals surface area contributed by atoms with Gasteiger partial charge in [-0.05, 0) is 31.5 Å². The van der Waals surface area contributed by atoms with E-state index in [0.29, 0.717) is 16.7 Å². The molecule has 0 saturated heterocycles. The lowest BCUT2D eigenvalue weighted by Gasteiger charge is -2.09. The Bertz CT molecular complexity index is 644. The number of nitrogens with zero attached hydrogens (tertiary/aromatic N) is 2. The van der Waals surface area contributed by atoms with Gasteiger partial charge in [-0.15, -0.1) is 0 Å². The van der Waals surface area contributed by atoms with Crippen molar-refractivity contribution in [3.63, 3.8) is 0 Å². The van der Waals surface area contributed by atoms with Crippen LogP contribution in [0, 0.1) is 13.8 Å². The fourth-order valence-electron chi connectivity index (χ4n) is 1.59. The zero-order valence-corrected chi connectivity index (χ0v) is 11.2. The third kappa shape index (κ3) is 3.00. The Hall–Kier alpha value is -2.14. The van der Waals surface area contributed by atoms with E-state index < -0.39 is 5.97 Å². The predicted molar refractivity (Wildman–Crippen MR) is 73.2 cm³/mol. The number of nitrogens with one attached hydrogen (secondary N) is 1. The van der Waals surface area contributed by atoms with Crippen molar-refractivity contribution in [2.24, 2.45) is 0 Å². The summed E-state index contributed by atoms with van der Waals surface area (Å²) in [6.45, 7) is 3.55. The SMILES string of the molecule is Cc1ccc(Cl)cc1Nc1ncc(C(=O)O)c(C)n1. The normalized spacial score (nSPS) is 10.3. The van der Waals surface area contributed by atoms with Crippen molar-refractivity contribution in [1.29, 1.82) is 0 Å². The van der Waals surface area contributed by atoms with Gasteiger partial charge in [0.1, 0.15) is 0 Å². The van der Waals surface area contributed by atoms with E-state index in [1.165, 1.54) is 6.20 Å². The molecule has 1 aromatic carbocycles. The number of aryl methyl sites for hydroxylation is 2. The standard InChI is InChI=1S/C13H12ClN3O2/c1-7-3-4-9(14)5-11(7)17-13-15-6-10(12(18)19)8(2)16-13/h3-6H,1-2H3,(H,18,19)(H,15,16,17). The summed E-state index contributed by atoms with van der Waals surface area (Å²) in [4.78, 5) is 19.0. The molecule has 0 spiro atoms. The van der Waals surface area contributed by atoms with Crippen molar-refractivity contribution in [3.8, 4) is 0 Å². The summed E-state index contributed by atoms with van der Waals surface area (Å²) in [5, 5.41) is 12.5. The van der Waals surface area contributed by atoms with E-state index in [0.717, 1.165) is 11.3 Å². The molecule has 0 fully saturated rings. The van der Waals surface area contributed by atoms with Crippen LogP contribution in [-0.4, -0.2) is 21.0 Å². The number of carbonyl (C=O) groups is 1. The van der Waals surface area contributed by atoms with E-state index in [4.69, 9.17) is 16.7 Å². The fourth-order valence-corrected chi connectivity index (χ4v) is 1.76. The van der Waals surface area contributed by atoms with Crippen LogP contribution >= 0.6 is 11.6 Å².